The van der Waals surface area contributed by atoms with Crippen LogP contribution in [0.4, 0.5) is 0 Å². The summed E-state index contributed by atoms with van der Waals surface area (Å²) in [7, 11) is 0. The molecule has 0 aromatic carbocycles. The average Bonchev–Trinajstić information content (AvgIpc) is 2.99. The van der Waals surface area contributed by atoms with E-state index >= 15 is 0 Å². The average molecular weight is 579 g/mol. The molecule has 1 unspecified atom stereocenters. The molecule has 0 aromatic heterocycles. The number of esters is 6. The van der Waals surface area contributed by atoms with Crippen LogP contribution in [-0.4, -0.2) is 86.7 Å². The van der Waals surface area contributed by atoms with Crippen molar-refractivity contribution in [2.24, 2.45) is 10.8 Å². The van der Waals surface area contributed by atoms with Gasteiger partial charge in [-0.25, -0.2) is 28.8 Å². The van der Waals surface area contributed by atoms with Crippen molar-refractivity contribution in [1.82, 2.24) is 0 Å². The second kappa shape index (κ2) is 18.5. The zero-order valence-corrected chi connectivity index (χ0v) is 22.6. The van der Waals surface area contributed by atoms with Crippen molar-refractivity contribution in [3.63, 3.8) is 0 Å². The number of aliphatic hydroxyl groups is 1. The summed E-state index contributed by atoms with van der Waals surface area (Å²) in [6, 6.07) is 0. The van der Waals surface area contributed by atoms with Gasteiger partial charge in [-0.1, -0.05) is 39.5 Å². The van der Waals surface area contributed by atoms with E-state index in [4.69, 9.17) is 28.4 Å². The van der Waals surface area contributed by atoms with Gasteiger partial charge in [-0.2, -0.15) is 0 Å². The number of hydrogen-bond donors (Lipinski definition) is 1. The van der Waals surface area contributed by atoms with Crippen molar-refractivity contribution in [2.45, 2.75) is 12.5 Å². The second-order valence-electron chi connectivity index (χ2n) is 8.45. The third kappa shape index (κ3) is 13.2. The quantitative estimate of drug-likeness (QED) is 0.116. The molecule has 0 rings (SSSR count). The molecule has 0 saturated heterocycles. The molecule has 13 nitrogen and oxygen atoms in total. The summed E-state index contributed by atoms with van der Waals surface area (Å²) in [5.41, 5.74) is -3.55. The van der Waals surface area contributed by atoms with Gasteiger partial charge in [0, 0.05) is 36.5 Å². The summed E-state index contributed by atoms with van der Waals surface area (Å²) >= 11 is 0. The lowest BCUT2D eigenvalue weighted by Gasteiger charge is -2.41. The zero-order valence-electron chi connectivity index (χ0n) is 22.6. The van der Waals surface area contributed by atoms with E-state index in [9.17, 15) is 33.9 Å². The van der Waals surface area contributed by atoms with E-state index in [1.54, 1.807) is 0 Å². The maximum Gasteiger partial charge on any atom is 0.330 e. The maximum atomic E-state index is 11.9. The molecule has 0 aliphatic carbocycles. The Balaban J connectivity index is 6.83. The van der Waals surface area contributed by atoms with Crippen molar-refractivity contribution in [3.8, 4) is 0 Å². The molecule has 224 valence electrons. The fourth-order valence-corrected chi connectivity index (χ4v) is 3.01. The van der Waals surface area contributed by atoms with E-state index < -0.39 is 98.8 Å². The lowest BCUT2D eigenvalue weighted by Crippen LogP contribution is -2.52. The summed E-state index contributed by atoms with van der Waals surface area (Å²) in [5.74, 6) is -5.51. The first-order chi connectivity index (χ1) is 19.4. The van der Waals surface area contributed by atoms with Gasteiger partial charge in [0.2, 0.25) is 0 Å². The van der Waals surface area contributed by atoms with Gasteiger partial charge in [-0.05, 0) is 6.42 Å². The van der Waals surface area contributed by atoms with Crippen molar-refractivity contribution >= 4 is 35.8 Å². The predicted octanol–water partition coefficient (Wildman–Crippen LogP) is 1.09. The third-order valence-corrected chi connectivity index (χ3v) is 5.40. The van der Waals surface area contributed by atoms with Gasteiger partial charge in [0.25, 0.3) is 0 Å². The van der Waals surface area contributed by atoms with Gasteiger partial charge in [-0.3, -0.25) is 0 Å². The van der Waals surface area contributed by atoms with E-state index in [1.807, 2.05) is 0 Å². The van der Waals surface area contributed by atoms with Crippen LogP contribution in [0.1, 0.15) is 6.42 Å². The highest BCUT2D eigenvalue weighted by Gasteiger charge is 2.48. The molecule has 0 bridgehead atoms. The summed E-state index contributed by atoms with van der Waals surface area (Å²) in [4.78, 5) is 71.5. The normalized spacial score (nSPS) is 11.3. The van der Waals surface area contributed by atoms with E-state index in [1.165, 1.54) is 0 Å². The Bertz CT molecular complexity index is 920. The largest absolute Gasteiger partial charge is 0.462 e. The minimum atomic E-state index is -1.88. The first kappa shape index (κ1) is 36.2. The Morgan fingerprint density at radius 1 is 0.488 bits per heavy atom. The zero-order chi connectivity index (χ0) is 31.5. The fourth-order valence-electron chi connectivity index (χ4n) is 3.01. The topological polar surface area (TPSA) is 178 Å². The minimum Gasteiger partial charge on any atom is -0.462 e. The van der Waals surface area contributed by atoms with Crippen LogP contribution in [0.25, 0.3) is 0 Å². The summed E-state index contributed by atoms with van der Waals surface area (Å²) in [5, 5.41) is 11.6. The highest BCUT2D eigenvalue weighted by atomic mass is 16.6. The van der Waals surface area contributed by atoms with Crippen LogP contribution >= 0.6 is 0 Å². The van der Waals surface area contributed by atoms with Crippen molar-refractivity contribution < 1.29 is 62.3 Å². The molecule has 0 spiro atoms. The van der Waals surface area contributed by atoms with Crippen molar-refractivity contribution in [3.05, 3.63) is 75.9 Å². The Morgan fingerprint density at radius 2 is 0.707 bits per heavy atom. The molecule has 0 heterocycles. The molecule has 0 radical (unpaired) electrons. The molecule has 0 aromatic rings. The highest BCUT2D eigenvalue weighted by Crippen LogP contribution is 2.35. The summed E-state index contributed by atoms with van der Waals surface area (Å²) < 4.78 is 30.8. The molecule has 13 heteroatoms. The molecule has 0 saturated carbocycles. The number of aliphatic hydroxyl groups excluding tert-OH is 1. The summed E-state index contributed by atoms with van der Waals surface area (Å²) in [6.07, 6.45) is 2.69. The van der Waals surface area contributed by atoms with Crippen LogP contribution in [0.2, 0.25) is 0 Å². The second-order valence-corrected chi connectivity index (χ2v) is 8.45. The number of carbonyl (C=O) groups is 6. The highest BCUT2D eigenvalue weighted by molar-refractivity contribution is 5.83. The number of hydrogen-bond acceptors (Lipinski definition) is 13. The Morgan fingerprint density at radius 3 is 0.927 bits per heavy atom. The van der Waals surface area contributed by atoms with E-state index in [2.05, 4.69) is 39.5 Å². The SMILES string of the molecule is C=CC(=O)OCC(COC(=O)C=C)(COC(=O)C=C)CC(O)C(COC(=O)C=C)(COC(=O)C=C)COC(=O)C=C. The van der Waals surface area contributed by atoms with Gasteiger partial charge < -0.3 is 33.5 Å². The van der Waals surface area contributed by atoms with Crippen LogP contribution in [0.5, 0.6) is 0 Å². The Labute approximate surface area is 237 Å². The molecular weight excluding hydrogens is 544 g/mol. The van der Waals surface area contributed by atoms with Gasteiger partial charge in [0.15, 0.2) is 0 Å². The molecular formula is C28H34O13. The molecule has 0 aliphatic heterocycles. The first-order valence-electron chi connectivity index (χ1n) is 11.8. The molecule has 1 N–H and O–H groups in total. The minimum absolute atomic E-state index is 0.546. The molecule has 0 fully saturated rings. The number of rotatable bonds is 21. The van der Waals surface area contributed by atoms with Crippen LogP contribution in [0.15, 0.2) is 75.9 Å². The maximum absolute atomic E-state index is 11.9. The van der Waals surface area contributed by atoms with Crippen LogP contribution in [0.3, 0.4) is 0 Å². The van der Waals surface area contributed by atoms with Crippen molar-refractivity contribution in [1.29, 1.82) is 0 Å². The van der Waals surface area contributed by atoms with Gasteiger partial charge in [0.1, 0.15) is 39.6 Å². The number of carbonyl (C=O) groups excluding carboxylic acids is 6. The third-order valence-electron chi connectivity index (χ3n) is 5.40. The van der Waals surface area contributed by atoms with Gasteiger partial charge >= 0.3 is 35.8 Å². The number of ether oxygens (including phenoxy) is 6. The lowest BCUT2D eigenvalue weighted by molar-refractivity contribution is -0.179. The molecule has 0 aliphatic rings. The summed E-state index contributed by atoms with van der Waals surface area (Å²) in [6.45, 7) is 15.8. The standard InChI is InChI=1S/C28H34O13/c1-7-21(30)36-14-27(15-37-22(31)8-2,16-38-23(32)9-3)13-20(29)28(17-39-24(33)10-4,18-40-25(34)11-5)19-41-26(35)12-6/h7-12,20,29H,1-6,13-19H2. The van der Waals surface area contributed by atoms with Gasteiger partial charge in [-0.15, -0.1) is 0 Å². The lowest BCUT2D eigenvalue weighted by atomic mass is 9.74. The first-order valence-corrected chi connectivity index (χ1v) is 11.8. The van der Waals surface area contributed by atoms with E-state index in [0.29, 0.717) is 0 Å². The van der Waals surface area contributed by atoms with Crippen LogP contribution in [-0.2, 0) is 57.2 Å². The molecule has 0 amide bonds. The Hall–Kier alpha value is -4.78. The molecule has 41 heavy (non-hydrogen) atoms. The van der Waals surface area contributed by atoms with Gasteiger partial charge in [0.05, 0.1) is 16.9 Å². The van der Waals surface area contributed by atoms with Crippen LogP contribution in [0, 0.1) is 10.8 Å². The van der Waals surface area contributed by atoms with E-state index in [-0.39, 0.29) is 0 Å². The predicted molar refractivity (Wildman–Crippen MR) is 142 cm³/mol. The van der Waals surface area contributed by atoms with E-state index in [0.717, 1.165) is 36.5 Å². The Kier molecular flexibility index (Phi) is 16.3. The van der Waals surface area contributed by atoms with Crippen LogP contribution < -0.4 is 0 Å². The smallest absolute Gasteiger partial charge is 0.330 e. The van der Waals surface area contributed by atoms with Crippen molar-refractivity contribution in [2.75, 3.05) is 39.6 Å². The molecule has 1 atom stereocenters. The fraction of sp³-hybridized carbons (Fsp3) is 0.357. The monoisotopic (exact) mass is 578 g/mol.